The Hall–Kier alpha value is -2.04. The quantitative estimate of drug-likeness (QED) is 0.855. The zero-order valence-corrected chi connectivity index (χ0v) is 16.6. The Labute approximate surface area is 167 Å². The van der Waals surface area contributed by atoms with Crippen molar-refractivity contribution in [3.8, 4) is 5.75 Å². The van der Waals surface area contributed by atoms with Crippen molar-refractivity contribution in [2.24, 2.45) is 17.6 Å². The van der Waals surface area contributed by atoms with Crippen LogP contribution >= 0.6 is 0 Å². The van der Waals surface area contributed by atoms with E-state index < -0.39 is 0 Å². The molecule has 1 aromatic rings. The summed E-state index contributed by atoms with van der Waals surface area (Å²) in [6.45, 7) is 0.890. The van der Waals surface area contributed by atoms with Crippen LogP contribution in [-0.2, 0) is 4.79 Å². The molecular formula is C23H32N2O3. The maximum atomic E-state index is 13.1. The van der Waals surface area contributed by atoms with E-state index in [4.69, 9.17) is 10.5 Å². The van der Waals surface area contributed by atoms with Gasteiger partial charge in [-0.3, -0.25) is 9.59 Å². The summed E-state index contributed by atoms with van der Waals surface area (Å²) >= 11 is 0. The number of rotatable bonds is 4. The smallest absolute Gasteiger partial charge is 0.254 e. The Morgan fingerprint density at radius 1 is 0.893 bits per heavy atom. The minimum absolute atomic E-state index is 0.00648. The highest BCUT2D eigenvalue weighted by Crippen LogP contribution is 2.36. The summed E-state index contributed by atoms with van der Waals surface area (Å²) in [6.07, 6.45) is 10.8. The average molecular weight is 385 g/mol. The van der Waals surface area contributed by atoms with Crippen molar-refractivity contribution in [3.63, 3.8) is 0 Å². The predicted molar refractivity (Wildman–Crippen MR) is 108 cm³/mol. The van der Waals surface area contributed by atoms with Crippen molar-refractivity contribution >= 4 is 11.8 Å². The standard InChI is InChI=1S/C23H32N2O3/c24-22(26)17-7-11-19(12-8-17)28-20-13-9-18(10-14-20)23(27)25-15-3-5-16-4-1-2-6-21(16)25/h9-10,13-14,16-17,19,21H,1-8,11-12,15H2,(H2,24,26). The monoisotopic (exact) mass is 384 g/mol. The van der Waals surface area contributed by atoms with Gasteiger partial charge in [0.1, 0.15) is 5.75 Å². The van der Waals surface area contributed by atoms with E-state index in [2.05, 4.69) is 4.90 Å². The molecule has 5 heteroatoms. The van der Waals surface area contributed by atoms with E-state index >= 15 is 0 Å². The summed E-state index contributed by atoms with van der Waals surface area (Å²) in [7, 11) is 0. The first-order valence-corrected chi connectivity index (χ1v) is 11.0. The Kier molecular flexibility index (Phi) is 5.88. The molecule has 2 atom stereocenters. The molecule has 2 saturated carbocycles. The molecule has 1 aliphatic heterocycles. The number of ether oxygens (including phenoxy) is 1. The lowest BCUT2D eigenvalue weighted by atomic mass is 9.78. The van der Waals surface area contributed by atoms with Gasteiger partial charge in [0.15, 0.2) is 0 Å². The van der Waals surface area contributed by atoms with E-state index in [9.17, 15) is 9.59 Å². The van der Waals surface area contributed by atoms with E-state index in [0.29, 0.717) is 12.0 Å². The van der Waals surface area contributed by atoms with E-state index in [0.717, 1.165) is 56.4 Å². The van der Waals surface area contributed by atoms with Crippen LogP contribution in [0.2, 0.25) is 0 Å². The van der Waals surface area contributed by atoms with Gasteiger partial charge in [0.25, 0.3) is 5.91 Å². The highest BCUT2D eigenvalue weighted by atomic mass is 16.5. The zero-order valence-electron chi connectivity index (χ0n) is 16.6. The van der Waals surface area contributed by atoms with Gasteiger partial charge in [-0.2, -0.15) is 0 Å². The molecule has 1 aromatic carbocycles. The predicted octanol–water partition coefficient (Wildman–Crippen LogP) is 3.90. The number of amides is 2. The highest BCUT2D eigenvalue weighted by molar-refractivity contribution is 5.94. The lowest BCUT2D eigenvalue weighted by Gasteiger charge is -2.44. The maximum Gasteiger partial charge on any atom is 0.254 e. The van der Waals surface area contributed by atoms with Crippen LogP contribution in [0.15, 0.2) is 24.3 Å². The first-order chi connectivity index (χ1) is 13.6. The number of primary amides is 1. The normalized spacial score (nSPS) is 30.4. The lowest BCUT2D eigenvalue weighted by Crippen LogP contribution is -2.49. The van der Waals surface area contributed by atoms with Gasteiger partial charge >= 0.3 is 0 Å². The van der Waals surface area contributed by atoms with Gasteiger partial charge in [-0.1, -0.05) is 12.8 Å². The van der Waals surface area contributed by atoms with Crippen LogP contribution in [0, 0.1) is 11.8 Å². The summed E-state index contributed by atoms with van der Waals surface area (Å²) in [4.78, 5) is 26.5. The van der Waals surface area contributed by atoms with E-state index in [-0.39, 0.29) is 23.8 Å². The minimum Gasteiger partial charge on any atom is -0.490 e. The van der Waals surface area contributed by atoms with Crippen molar-refractivity contribution in [3.05, 3.63) is 29.8 Å². The third-order valence-electron chi connectivity index (χ3n) is 6.98. The number of nitrogens with two attached hydrogens (primary N) is 1. The van der Waals surface area contributed by atoms with Crippen LogP contribution in [0.1, 0.15) is 74.6 Å². The molecule has 0 radical (unpaired) electrons. The van der Waals surface area contributed by atoms with Gasteiger partial charge in [0.05, 0.1) is 6.10 Å². The fraction of sp³-hybridized carbons (Fsp3) is 0.652. The number of carbonyl (C=O) groups is 2. The number of likely N-dealkylation sites (tertiary alicyclic amines) is 1. The second-order valence-electron chi connectivity index (χ2n) is 8.77. The van der Waals surface area contributed by atoms with E-state index in [1.807, 2.05) is 24.3 Å². The lowest BCUT2D eigenvalue weighted by molar-refractivity contribution is -0.123. The minimum atomic E-state index is -0.195. The molecule has 0 spiro atoms. The van der Waals surface area contributed by atoms with Crippen LogP contribution in [0.4, 0.5) is 0 Å². The van der Waals surface area contributed by atoms with Crippen molar-refractivity contribution in [1.29, 1.82) is 0 Å². The molecular weight excluding hydrogens is 352 g/mol. The summed E-state index contributed by atoms with van der Waals surface area (Å²) in [5.41, 5.74) is 6.16. The summed E-state index contributed by atoms with van der Waals surface area (Å²) < 4.78 is 6.07. The zero-order chi connectivity index (χ0) is 19.5. The Balaban J connectivity index is 1.35. The van der Waals surface area contributed by atoms with Gasteiger partial charge < -0.3 is 15.4 Å². The second-order valence-corrected chi connectivity index (χ2v) is 8.77. The van der Waals surface area contributed by atoms with Gasteiger partial charge in [-0.05, 0) is 81.5 Å². The molecule has 3 aliphatic rings. The van der Waals surface area contributed by atoms with Crippen molar-refractivity contribution in [1.82, 2.24) is 4.90 Å². The molecule has 3 fully saturated rings. The fourth-order valence-electron chi connectivity index (χ4n) is 5.38. The number of benzene rings is 1. The topological polar surface area (TPSA) is 72.6 Å². The third kappa shape index (κ3) is 4.18. The van der Waals surface area contributed by atoms with Gasteiger partial charge in [-0.15, -0.1) is 0 Å². The molecule has 1 heterocycles. The molecule has 4 rings (SSSR count). The SMILES string of the molecule is NC(=O)C1CCC(Oc2ccc(C(=O)N3CCCC4CCCCC43)cc2)CC1. The number of hydrogen-bond acceptors (Lipinski definition) is 3. The molecule has 152 valence electrons. The molecule has 1 saturated heterocycles. The number of nitrogens with zero attached hydrogens (tertiary/aromatic N) is 1. The second kappa shape index (κ2) is 8.54. The third-order valence-corrected chi connectivity index (χ3v) is 6.98. The largest absolute Gasteiger partial charge is 0.490 e. The molecule has 2 unspecified atom stereocenters. The molecule has 28 heavy (non-hydrogen) atoms. The highest BCUT2D eigenvalue weighted by Gasteiger charge is 2.36. The number of piperidine rings is 1. The van der Waals surface area contributed by atoms with Crippen LogP contribution in [-0.4, -0.2) is 35.4 Å². The van der Waals surface area contributed by atoms with Crippen LogP contribution in [0.5, 0.6) is 5.75 Å². The maximum absolute atomic E-state index is 13.1. The molecule has 0 bridgehead atoms. The van der Waals surface area contributed by atoms with E-state index in [1.165, 1.54) is 25.7 Å². The molecule has 2 amide bonds. The van der Waals surface area contributed by atoms with Crippen LogP contribution in [0.25, 0.3) is 0 Å². The van der Waals surface area contributed by atoms with Crippen molar-refractivity contribution in [2.75, 3.05) is 6.54 Å². The molecule has 2 N–H and O–H groups in total. The average Bonchev–Trinajstić information content (AvgIpc) is 2.74. The molecule has 5 nitrogen and oxygen atoms in total. The summed E-state index contributed by atoms with van der Waals surface area (Å²) in [6, 6.07) is 8.07. The Morgan fingerprint density at radius 2 is 1.57 bits per heavy atom. The number of fused-ring (bicyclic) bond motifs is 1. The van der Waals surface area contributed by atoms with Gasteiger partial charge in [0, 0.05) is 24.1 Å². The van der Waals surface area contributed by atoms with Crippen LogP contribution in [0.3, 0.4) is 0 Å². The fourth-order valence-corrected chi connectivity index (χ4v) is 5.38. The van der Waals surface area contributed by atoms with Crippen molar-refractivity contribution < 1.29 is 14.3 Å². The first kappa shape index (κ1) is 19.3. The molecule has 2 aliphatic carbocycles. The molecule has 0 aromatic heterocycles. The Morgan fingerprint density at radius 3 is 2.29 bits per heavy atom. The van der Waals surface area contributed by atoms with Crippen molar-refractivity contribution in [2.45, 2.75) is 76.4 Å². The number of hydrogen-bond donors (Lipinski definition) is 1. The summed E-state index contributed by atoms with van der Waals surface area (Å²) in [5, 5.41) is 0. The van der Waals surface area contributed by atoms with Gasteiger partial charge in [-0.25, -0.2) is 0 Å². The number of carbonyl (C=O) groups excluding carboxylic acids is 2. The van der Waals surface area contributed by atoms with Gasteiger partial charge in [0.2, 0.25) is 5.91 Å². The Bertz CT molecular complexity index is 692. The first-order valence-electron chi connectivity index (χ1n) is 11.0. The van der Waals surface area contributed by atoms with Crippen LogP contribution < -0.4 is 10.5 Å². The van der Waals surface area contributed by atoms with E-state index in [1.54, 1.807) is 0 Å². The summed E-state index contributed by atoms with van der Waals surface area (Å²) in [5.74, 6) is 1.47.